The Hall–Kier alpha value is -2.33. The summed E-state index contributed by atoms with van der Waals surface area (Å²) in [6, 6.07) is 17.6. The summed E-state index contributed by atoms with van der Waals surface area (Å²) < 4.78 is 6.06. The molecular weight excluding hydrogens is 288 g/mol. The van der Waals surface area contributed by atoms with E-state index in [1.165, 1.54) is 0 Å². The van der Waals surface area contributed by atoms with Crippen molar-refractivity contribution in [2.75, 3.05) is 18.4 Å². The van der Waals surface area contributed by atoms with Crippen molar-refractivity contribution in [3.63, 3.8) is 0 Å². The molecule has 0 saturated carbocycles. The monoisotopic (exact) mass is 310 g/mol. The Morgan fingerprint density at radius 2 is 1.91 bits per heavy atom. The topological polar surface area (TPSA) is 50.4 Å². The molecule has 1 heterocycles. The number of benzene rings is 2. The van der Waals surface area contributed by atoms with Gasteiger partial charge in [-0.2, -0.15) is 0 Å². The van der Waals surface area contributed by atoms with Crippen LogP contribution in [-0.2, 0) is 4.79 Å². The second kappa shape index (κ2) is 7.29. The molecule has 4 nitrogen and oxygen atoms in total. The highest BCUT2D eigenvalue weighted by molar-refractivity contribution is 5.94. The van der Waals surface area contributed by atoms with E-state index in [1.807, 2.05) is 61.5 Å². The molecule has 1 amide bonds. The largest absolute Gasteiger partial charge is 0.484 e. The molecule has 0 bridgehead atoms. The first-order chi connectivity index (χ1) is 11.2. The molecule has 23 heavy (non-hydrogen) atoms. The average Bonchev–Trinajstić information content (AvgIpc) is 3.12. The molecule has 0 radical (unpaired) electrons. The van der Waals surface area contributed by atoms with Crippen LogP contribution in [0.15, 0.2) is 54.6 Å². The Morgan fingerprint density at radius 1 is 1.17 bits per heavy atom. The van der Waals surface area contributed by atoms with Gasteiger partial charge in [-0.05, 0) is 37.6 Å². The van der Waals surface area contributed by atoms with Crippen molar-refractivity contribution in [3.05, 3.63) is 60.2 Å². The van der Waals surface area contributed by atoms with Gasteiger partial charge in [0, 0.05) is 6.54 Å². The van der Waals surface area contributed by atoms with Gasteiger partial charge >= 0.3 is 0 Å². The molecule has 2 aromatic carbocycles. The zero-order valence-electron chi connectivity index (χ0n) is 13.3. The van der Waals surface area contributed by atoms with Gasteiger partial charge in [0.15, 0.2) is 0 Å². The van der Waals surface area contributed by atoms with Crippen molar-refractivity contribution in [1.82, 2.24) is 5.32 Å². The maximum absolute atomic E-state index is 12.3. The van der Waals surface area contributed by atoms with Crippen LogP contribution in [0.3, 0.4) is 0 Å². The smallest absolute Gasteiger partial charge is 0.228 e. The lowest BCUT2D eigenvalue weighted by Crippen LogP contribution is -2.25. The van der Waals surface area contributed by atoms with Gasteiger partial charge in [0.2, 0.25) is 5.91 Å². The Labute approximate surface area is 136 Å². The Balaban J connectivity index is 1.71. The lowest BCUT2D eigenvalue weighted by molar-refractivity contribution is -0.119. The highest BCUT2D eigenvalue weighted by atomic mass is 16.5. The molecule has 2 N–H and O–H groups in total. The van der Waals surface area contributed by atoms with E-state index in [0.29, 0.717) is 5.75 Å². The third-order valence-electron chi connectivity index (χ3n) is 4.15. The first-order valence-electron chi connectivity index (χ1n) is 8.06. The number of carbonyl (C=O) groups excluding carboxylic acids is 1. The molecular formula is C19H22N2O2. The summed E-state index contributed by atoms with van der Waals surface area (Å²) >= 11 is 0. The normalized spacial score (nSPS) is 18.4. The van der Waals surface area contributed by atoms with Gasteiger partial charge in [0.05, 0.1) is 11.6 Å². The number of para-hydroxylation sites is 2. The van der Waals surface area contributed by atoms with Crippen LogP contribution in [0, 0.1) is 5.92 Å². The van der Waals surface area contributed by atoms with Gasteiger partial charge in [-0.3, -0.25) is 4.79 Å². The molecule has 3 rings (SSSR count). The van der Waals surface area contributed by atoms with E-state index < -0.39 is 0 Å². The average molecular weight is 310 g/mol. The minimum atomic E-state index is -0.0811. The first-order valence-corrected chi connectivity index (χ1v) is 8.06. The SMILES string of the molecule is CC(Oc1ccccc1NC(=O)C1CCNC1)c1ccccc1. The molecule has 1 fully saturated rings. The molecule has 0 aliphatic carbocycles. The van der Waals surface area contributed by atoms with Crippen molar-refractivity contribution in [2.45, 2.75) is 19.4 Å². The third kappa shape index (κ3) is 3.90. The van der Waals surface area contributed by atoms with E-state index in [-0.39, 0.29) is 17.9 Å². The van der Waals surface area contributed by atoms with Crippen molar-refractivity contribution >= 4 is 11.6 Å². The van der Waals surface area contributed by atoms with Crippen LogP contribution in [0.5, 0.6) is 5.75 Å². The molecule has 1 aliphatic rings. The summed E-state index contributed by atoms with van der Waals surface area (Å²) in [6.07, 6.45) is 0.803. The van der Waals surface area contributed by atoms with Gasteiger partial charge in [-0.25, -0.2) is 0 Å². The van der Waals surface area contributed by atoms with Crippen LogP contribution < -0.4 is 15.4 Å². The number of amides is 1. The highest BCUT2D eigenvalue weighted by Gasteiger charge is 2.23. The maximum atomic E-state index is 12.3. The van der Waals surface area contributed by atoms with Gasteiger partial charge < -0.3 is 15.4 Å². The van der Waals surface area contributed by atoms with E-state index in [9.17, 15) is 4.79 Å². The summed E-state index contributed by atoms with van der Waals surface area (Å²) in [5.74, 6) is 0.788. The van der Waals surface area contributed by atoms with E-state index >= 15 is 0 Å². The van der Waals surface area contributed by atoms with Crippen molar-refractivity contribution in [1.29, 1.82) is 0 Å². The number of hydrogen-bond acceptors (Lipinski definition) is 3. The summed E-state index contributed by atoms with van der Waals surface area (Å²) in [5.41, 5.74) is 1.83. The number of nitrogens with one attached hydrogen (secondary N) is 2. The van der Waals surface area contributed by atoms with Gasteiger partial charge in [0.1, 0.15) is 11.9 Å². The number of hydrogen-bond donors (Lipinski definition) is 2. The fourth-order valence-corrected chi connectivity index (χ4v) is 2.77. The highest BCUT2D eigenvalue weighted by Crippen LogP contribution is 2.29. The molecule has 4 heteroatoms. The van der Waals surface area contributed by atoms with Crippen LogP contribution in [0.1, 0.15) is 25.0 Å². The fraction of sp³-hybridized carbons (Fsp3) is 0.316. The standard InChI is InChI=1S/C19H22N2O2/c1-14(15-7-3-2-4-8-15)23-18-10-6-5-9-17(18)21-19(22)16-11-12-20-13-16/h2-10,14,16,20H,11-13H2,1H3,(H,21,22). The van der Waals surface area contributed by atoms with E-state index in [1.54, 1.807) is 0 Å². The van der Waals surface area contributed by atoms with Crippen molar-refractivity contribution in [3.8, 4) is 5.75 Å². The van der Waals surface area contributed by atoms with Crippen LogP contribution in [0.2, 0.25) is 0 Å². The molecule has 0 aromatic heterocycles. The zero-order chi connectivity index (χ0) is 16.1. The van der Waals surface area contributed by atoms with E-state index in [2.05, 4.69) is 10.6 Å². The van der Waals surface area contributed by atoms with Crippen LogP contribution >= 0.6 is 0 Å². The van der Waals surface area contributed by atoms with Gasteiger partial charge in [0.25, 0.3) is 0 Å². The van der Waals surface area contributed by atoms with E-state index in [4.69, 9.17) is 4.74 Å². The molecule has 2 aromatic rings. The summed E-state index contributed by atoms with van der Waals surface area (Å²) in [4.78, 5) is 12.3. The number of rotatable bonds is 5. The van der Waals surface area contributed by atoms with E-state index in [0.717, 1.165) is 30.8 Å². The first kappa shape index (κ1) is 15.6. The molecule has 120 valence electrons. The van der Waals surface area contributed by atoms with Crippen LogP contribution in [0.4, 0.5) is 5.69 Å². The van der Waals surface area contributed by atoms with Crippen molar-refractivity contribution in [2.24, 2.45) is 5.92 Å². The quantitative estimate of drug-likeness (QED) is 0.890. The summed E-state index contributed by atoms with van der Waals surface area (Å²) in [7, 11) is 0. The second-order valence-electron chi connectivity index (χ2n) is 5.85. The van der Waals surface area contributed by atoms with Crippen molar-refractivity contribution < 1.29 is 9.53 Å². The Morgan fingerprint density at radius 3 is 2.65 bits per heavy atom. The minimum Gasteiger partial charge on any atom is -0.484 e. The zero-order valence-corrected chi connectivity index (χ0v) is 13.3. The molecule has 1 aliphatic heterocycles. The molecule has 0 spiro atoms. The van der Waals surface area contributed by atoms with Crippen LogP contribution in [-0.4, -0.2) is 19.0 Å². The second-order valence-corrected chi connectivity index (χ2v) is 5.85. The fourth-order valence-electron chi connectivity index (χ4n) is 2.77. The predicted molar refractivity (Wildman–Crippen MR) is 91.5 cm³/mol. The van der Waals surface area contributed by atoms with Gasteiger partial charge in [-0.15, -0.1) is 0 Å². The number of anilines is 1. The Kier molecular flexibility index (Phi) is 4.93. The lowest BCUT2D eigenvalue weighted by Gasteiger charge is -2.19. The number of ether oxygens (including phenoxy) is 1. The molecule has 2 unspecified atom stereocenters. The number of carbonyl (C=O) groups is 1. The lowest BCUT2D eigenvalue weighted by atomic mass is 10.1. The summed E-state index contributed by atoms with van der Waals surface area (Å²) in [5, 5.41) is 6.22. The van der Waals surface area contributed by atoms with Gasteiger partial charge in [-0.1, -0.05) is 42.5 Å². The third-order valence-corrected chi connectivity index (χ3v) is 4.15. The maximum Gasteiger partial charge on any atom is 0.228 e. The Bertz CT molecular complexity index is 651. The van der Waals surface area contributed by atoms with Crippen LogP contribution in [0.25, 0.3) is 0 Å². The summed E-state index contributed by atoms with van der Waals surface area (Å²) in [6.45, 7) is 3.66. The predicted octanol–water partition coefficient (Wildman–Crippen LogP) is 3.37. The minimum absolute atomic E-state index is 0.0367. The molecule has 2 atom stereocenters. The molecule has 1 saturated heterocycles.